The van der Waals surface area contributed by atoms with E-state index in [9.17, 15) is 14.0 Å². The number of rotatable bonds is 8. The molecule has 1 aliphatic heterocycles. The normalized spacial score (nSPS) is 15.7. The molecule has 3 aromatic rings. The Morgan fingerprint density at radius 2 is 1.81 bits per heavy atom. The molecule has 4 rings (SSSR count). The third-order valence-corrected chi connectivity index (χ3v) is 6.90. The Labute approximate surface area is 219 Å². The highest BCUT2D eigenvalue weighted by molar-refractivity contribution is 8.18. The van der Waals surface area contributed by atoms with Gasteiger partial charge in [0.1, 0.15) is 18.2 Å². The number of hydrogen-bond acceptors (Lipinski definition) is 5. The molecule has 0 radical (unpaired) electrons. The van der Waals surface area contributed by atoms with Crippen molar-refractivity contribution in [3.8, 4) is 5.75 Å². The molecule has 37 heavy (non-hydrogen) atoms. The second kappa shape index (κ2) is 11.4. The molecule has 6 nitrogen and oxygen atoms in total. The van der Waals surface area contributed by atoms with Gasteiger partial charge in [-0.3, -0.25) is 14.5 Å². The lowest BCUT2D eigenvalue weighted by Gasteiger charge is -2.09. The summed E-state index contributed by atoms with van der Waals surface area (Å²) in [6, 6.07) is 20.0. The van der Waals surface area contributed by atoms with Crippen molar-refractivity contribution >= 4 is 40.6 Å². The number of hydrogen-bond donors (Lipinski definition) is 1. The van der Waals surface area contributed by atoms with E-state index in [2.05, 4.69) is 43.1 Å². The minimum absolute atomic E-state index is 0.0806. The lowest BCUT2D eigenvalue weighted by atomic mass is 10.0. The molecule has 1 amide bonds. The van der Waals surface area contributed by atoms with E-state index in [-0.39, 0.29) is 11.5 Å². The molecule has 0 bridgehead atoms. The van der Waals surface area contributed by atoms with Crippen molar-refractivity contribution in [2.75, 3.05) is 7.05 Å². The first-order valence-electron chi connectivity index (χ1n) is 11.8. The van der Waals surface area contributed by atoms with E-state index in [0.29, 0.717) is 28.3 Å². The zero-order chi connectivity index (χ0) is 26.5. The average molecular weight is 519 g/mol. The number of carboxylic acids is 1. The summed E-state index contributed by atoms with van der Waals surface area (Å²) in [5.74, 6) is -0.749. The van der Waals surface area contributed by atoms with Crippen LogP contribution in [0.3, 0.4) is 0 Å². The maximum absolute atomic E-state index is 14.2. The molecular weight excluding hydrogens is 491 g/mol. The molecule has 1 fully saturated rings. The zero-order valence-corrected chi connectivity index (χ0v) is 21.6. The molecule has 0 saturated carbocycles. The van der Waals surface area contributed by atoms with Crippen LogP contribution in [0.25, 0.3) is 6.08 Å². The fourth-order valence-corrected chi connectivity index (χ4v) is 4.64. The van der Waals surface area contributed by atoms with Crippen molar-refractivity contribution in [1.82, 2.24) is 4.90 Å². The summed E-state index contributed by atoms with van der Waals surface area (Å²) in [7, 11) is 1.61. The number of aliphatic carboxylic acids is 1. The van der Waals surface area contributed by atoms with Gasteiger partial charge in [-0.15, -0.1) is 0 Å². The topological polar surface area (TPSA) is 79.2 Å². The second-order valence-electron chi connectivity index (χ2n) is 8.97. The van der Waals surface area contributed by atoms with Crippen LogP contribution in [-0.2, 0) is 22.6 Å². The number of benzene rings is 3. The molecule has 0 aromatic heterocycles. The first-order chi connectivity index (χ1) is 17.7. The van der Waals surface area contributed by atoms with Crippen molar-refractivity contribution in [3.05, 3.63) is 99.7 Å². The Kier molecular flexibility index (Phi) is 8.08. The van der Waals surface area contributed by atoms with Crippen LogP contribution in [-0.4, -0.2) is 34.1 Å². The van der Waals surface area contributed by atoms with E-state index in [0.717, 1.165) is 16.9 Å². The van der Waals surface area contributed by atoms with Crippen molar-refractivity contribution in [2.24, 2.45) is 4.99 Å². The van der Waals surface area contributed by atoms with Gasteiger partial charge in [-0.2, -0.15) is 0 Å². The lowest BCUT2D eigenvalue weighted by molar-refractivity contribution is -0.136. The average Bonchev–Trinajstić information content (AvgIpc) is 3.13. The number of thioether (sulfide) groups is 1. The van der Waals surface area contributed by atoms with Crippen LogP contribution in [0.4, 0.5) is 10.1 Å². The van der Waals surface area contributed by atoms with Crippen LogP contribution in [0.1, 0.15) is 42.0 Å². The number of aliphatic imine (C=N–C) groups is 1. The molecule has 0 atom stereocenters. The molecule has 1 N–H and O–H groups in total. The number of likely N-dealkylation sites (N-methyl/N-ethyl adjacent to an activating group) is 1. The third-order valence-electron chi connectivity index (χ3n) is 5.84. The minimum Gasteiger partial charge on any atom is -0.489 e. The predicted molar refractivity (Wildman–Crippen MR) is 144 cm³/mol. The quantitative estimate of drug-likeness (QED) is 0.350. The Hall–Kier alpha value is -3.91. The number of halogens is 1. The number of carbonyl (C=O) groups excluding carboxylic acids is 1. The zero-order valence-electron chi connectivity index (χ0n) is 20.8. The summed E-state index contributed by atoms with van der Waals surface area (Å²) in [5.41, 5.74) is 3.60. The first-order valence-corrected chi connectivity index (χ1v) is 12.6. The number of amides is 1. The first kappa shape index (κ1) is 26.2. The van der Waals surface area contributed by atoms with Crippen LogP contribution >= 0.6 is 11.8 Å². The summed E-state index contributed by atoms with van der Waals surface area (Å²) < 4.78 is 20.1. The van der Waals surface area contributed by atoms with Gasteiger partial charge in [0.05, 0.1) is 17.0 Å². The van der Waals surface area contributed by atoms with Gasteiger partial charge in [-0.25, -0.2) is 9.38 Å². The third kappa shape index (κ3) is 6.65. The molecule has 8 heteroatoms. The number of carboxylic acid groups (broad SMARTS) is 1. The van der Waals surface area contributed by atoms with Gasteiger partial charge in [-0.05, 0) is 70.3 Å². The number of nitrogens with zero attached hydrogens (tertiary/aromatic N) is 2. The predicted octanol–water partition coefficient (Wildman–Crippen LogP) is 6.39. The van der Waals surface area contributed by atoms with Crippen molar-refractivity contribution < 1.29 is 23.8 Å². The maximum atomic E-state index is 14.2. The molecule has 0 unspecified atom stereocenters. The second-order valence-corrected chi connectivity index (χ2v) is 9.98. The standard InChI is InChI=1S/C29H27FN2O4S/c1-18(2)21-8-4-20(5-9-21)17-36-24-12-6-19(7-13-24)14-26-28(35)32(3)29(37-26)31-23-11-10-22(15-27(33)34)25(30)16-23/h4-14,16,18H,15,17H2,1-3H3,(H,33,34). The fourth-order valence-electron chi connectivity index (χ4n) is 3.65. The van der Waals surface area contributed by atoms with Gasteiger partial charge in [0.15, 0.2) is 5.17 Å². The molecule has 1 heterocycles. The van der Waals surface area contributed by atoms with E-state index < -0.39 is 18.2 Å². The fraction of sp³-hybridized carbons (Fsp3) is 0.207. The summed E-state index contributed by atoms with van der Waals surface area (Å²) in [6.45, 7) is 4.79. The van der Waals surface area contributed by atoms with E-state index in [1.165, 1.54) is 40.4 Å². The highest BCUT2D eigenvalue weighted by Gasteiger charge is 2.30. The molecule has 1 aliphatic rings. The van der Waals surface area contributed by atoms with Crippen molar-refractivity contribution in [1.29, 1.82) is 0 Å². The summed E-state index contributed by atoms with van der Waals surface area (Å²) >= 11 is 1.19. The number of ether oxygens (including phenoxy) is 1. The molecule has 0 spiro atoms. The van der Waals surface area contributed by atoms with Gasteiger partial charge in [0, 0.05) is 7.05 Å². The summed E-state index contributed by atoms with van der Waals surface area (Å²) in [4.78, 5) is 29.8. The summed E-state index contributed by atoms with van der Waals surface area (Å²) in [5, 5.41) is 9.27. The highest BCUT2D eigenvalue weighted by atomic mass is 32.2. The maximum Gasteiger partial charge on any atom is 0.307 e. The van der Waals surface area contributed by atoms with Crippen LogP contribution < -0.4 is 4.74 Å². The lowest BCUT2D eigenvalue weighted by Crippen LogP contribution is -2.23. The van der Waals surface area contributed by atoms with Crippen LogP contribution in [0.15, 0.2) is 76.6 Å². The van der Waals surface area contributed by atoms with E-state index in [1.54, 1.807) is 13.1 Å². The van der Waals surface area contributed by atoms with Crippen LogP contribution in [0, 0.1) is 5.82 Å². The minimum atomic E-state index is -1.11. The van der Waals surface area contributed by atoms with Crippen LogP contribution in [0.2, 0.25) is 0 Å². The Morgan fingerprint density at radius 1 is 1.11 bits per heavy atom. The van der Waals surface area contributed by atoms with Gasteiger partial charge in [-0.1, -0.05) is 56.3 Å². The number of carbonyl (C=O) groups is 2. The number of amidine groups is 1. The Morgan fingerprint density at radius 3 is 2.43 bits per heavy atom. The monoisotopic (exact) mass is 518 g/mol. The molecular formula is C29H27FN2O4S. The Balaban J connectivity index is 1.41. The van der Waals surface area contributed by atoms with Gasteiger partial charge >= 0.3 is 5.97 Å². The van der Waals surface area contributed by atoms with Gasteiger partial charge in [0.25, 0.3) is 5.91 Å². The molecule has 0 aliphatic carbocycles. The smallest absolute Gasteiger partial charge is 0.307 e. The largest absolute Gasteiger partial charge is 0.489 e. The molecule has 190 valence electrons. The molecule has 3 aromatic carbocycles. The van der Waals surface area contributed by atoms with E-state index in [1.807, 2.05) is 24.3 Å². The Bertz CT molecular complexity index is 1370. The van der Waals surface area contributed by atoms with Crippen molar-refractivity contribution in [3.63, 3.8) is 0 Å². The highest BCUT2D eigenvalue weighted by Crippen LogP contribution is 2.33. The van der Waals surface area contributed by atoms with E-state index >= 15 is 0 Å². The van der Waals surface area contributed by atoms with Gasteiger partial charge < -0.3 is 9.84 Å². The summed E-state index contributed by atoms with van der Waals surface area (Å²) in [6.07, 6.45) is 1.37. The van der Waals surface area contributed by atoms with E-state index in [4.69, 9.17) is 9.84 Å². The van der Waals surface area contributed by atoms with Crippen molar-refractivity contribution in [2.45, 2.75) is 32.8 Å². The molecule has 1 saturated heterocycles. The SMILES string of the molecule is CC(C)c1ccc(COc2ccc(C=C3SC(=Nc4ccc(CC(=O)O)c(F)c4)N(C)C3=O)cc2)cc1. The van der Waals surface area contributed by atoms with Gasteiger partial charge in [0.2, 0.25) is 0 Å². The van der Waals surface area contributed by atoms with Crippen LogP contribution in [0.5, 0.6) is 5.75 Å².